The Balaban J connectivity index is 2.94. The molecule has 1 atom stereocenters. The van der Waals surface area contributed by atoms with Crippen LogP contribution in [-0.4, -0.2) is 43.9 Å². The first-order valence-corrected chi connectivity index (χ1v) is 10.8. The zero-order valence-electron chi connectivity index (χ0n) is 18.9. The first-order chi connectivity index (χ1) is 15.0. The zero-order chi connectivity index (χ0) is 23.1. The molecule has 1 unspecified atom stereocenters. The van der Waals surface area contributed by atoms with Crippen LogP contribution in [0, 0.1) is 0 Å². The molecule has 170 valence electrons. The van der Waals surface area contributed by atoms with Crippen molar-refractivity contribution in [1.29, 1.82) is 0 Å². The molecule has 1 aliphatic rings. The van der Waals surface area contributed by atoms with Crippen molar-refractivity contribution in [2.24, 2.45) is 31.5 Å². The summed E-state index contributed by atoms with van der Waals surface area (Å²) in [5, 5.41) is 4.09. The number of amidine groups is 1. The topological polar surface area (TPSA) is 114 Å². The normalized spacial score (nSPS) is 18.8. The summed E-state index contributed by atoms with van der Waals surface area (Å²) in [4.78, 5) is 12.4. The number of alkyl halides is 1. The molecular weight excluding hydrogens is 393 g/mol. The fraction of sp³-hybridized carbons (Fsp3) is 0.478. The fourth-order valence-electron chi connectivity index (χ4n) is 3.38. The molecule has 0 spiro atoms. The van der Waals surface area contributed by atoms with Gasteiger partial charge in [-0.3, -0.25) is 20.4 Å². The van der Waals surface area contributed by atoms with Crippen LogP contribution < -0.4 is 16.9 Å². The summed E-state index contributed by atoms with van der Waals surface area (Å²) >= 11 is 0. The summed E-state index contributed by atoms with van der Waals surface area (Å²) in [6.45, 7) is 10.4. The summed E-state index contributed by atoms with van der Waals surface area (Å²) in [5.41, 5.74) is 18.4. The van der Waals surface area contributed by atoms with Gasteiger partial charge in [-0.2, -0.15) is 5.10 Å². The second-order valence-corrected chi connectivity index (χ2v) is 6.98. The standard InChI is InChI=1S/C23H36FN7/c1-5-8-17-10-11-21(24)19(18(17)9-6-2)15-28-16-30-31-23(26)20(14-27-4)22(12-13-25)29-7-3/h10,12-14,16,21H,4-9,11,15,25H2,1-3H3,(H2,26,31)(H,28,30)/b13-12?,20-14-,29-22?. The lowest BCUT2D eigenvalue weighted by atomic mass is 9.85. The van der Waals surface area contributed by atoms with Gasteiger partial charge in [-0.1, -0.05) is 32.8 Å². The van der Waals surface area contributed by atoms with Crippen LogP contribution in [0.5, 0.6) is 0 Å². The summed E-state index contributed by atoms with van der Waals surface area (Å²) in [7, 11) is 0. The molecule has 0 aromatic heterocycles. The third kappa shape index (κ3) is 8.32. The van der Waals surface area contributed by atoms with Gasteiger partial charge in [0.1, 0.15) is 12.5 Å². The van der Waals surface area contributed by atoms with Crippen molar-refractivity contribution >= 4 is 24.6 Å². The number of aliphatic imine (C=N–C) groups is 3. The van der Waals surface area contributed by atoms with Gasteiger partial charge in [-0.25, -0.2) is 4.39 Å². The number of nitrogens with one attached hydrogen (secondary N) is 1. The molecule has 0 fully saturated rings. The molecule has 31 heavy (non-hydrogen) atoms. The molecule has 0 aromatic carbocycles. The van der Waals surface area contributed by atoms with E-state index in [2.05, 4.69) is 46.1 Å². The van der Waals surface area contributed by atoms with E-state index in [9.17, 15) is 4.39 Å². The molecule has 0 aliphatic heterocycles. The highest BCUT2D eigenvalue weighted by molar-refractivity contribution is 6.27. The second kappa shape index (κ2) is 14.9. The Labute approximate surface area is 185 Å². The van der Waals surface area contributed by atoms with Gasteiger partial charge >= 0.3 is 0 Å². The molecular formula is C23H36FN7. The van der Waals surface area contributed by atoms with E-state index < -0.39 is 6.17 Å². The number of nitrogens with zero attached hydrogens (tertiary/aromatic N) is 4. The van der Waals surface area contributed by atoms with Crippen LogP contribution >= 0.6 is 0 Å². The third-order valence-electron chi connectivity index (χ3n) is 4.69. The average Bonchev–Trinajstić information content (AvgIpc) is 2.75. The average molecular weight is 430 g/mol. The number of allylic oxidation sites excluding steroid dienone is 4. The highest BCUT2D eigenvalue weighted by atomic mass is 19.1. The molecule has 0 saturated carbocycles. The summed E-state index contributed by atoms with van der Waals surface area (Å²) in [6.07, 6.45) is 11.2. The van der Waals surface area contributed by atoms with E-state index in [0.717, 1.165) is 36.8 Å². The number of nitrogens with two attached hydrogens (primary N) is 2. The Morgan fingerprint density at radius 3 is 2.65 bits per heavy atom. The molecule has 0 saturated heterocycles. The van der Waals surface area contributed by atoms with Crippen molar-refractivity contribution < 1.29 is 4.39 Å². The minimum Gasteiger partial charge on any atom is -0.405 e. The predicted octanol–water partition coefficient (Wildman–Crippen LogP) is 3.96. The predicted molar refractivity (Wildman–Crippen MR) is 131 cm³/mol. The zero-order valence-corrected chi connectivity index (χ0v) is 18.9. The molecule has 1 rings (SSSR count). The molecule has 0 radical (unpaired) electrons. The second-order valence-electron chi connectivity index (χ2n) is 6.98. The quantitative estimate of drug-likeness (QED) is 0.234. The first kappa shape index (κ1) is 26.0. The van der Waals surface area contributed by atoms with E-state index in [4.69, 9.17) is 11.5 Å². The number of hydrazone groups is 1. The molecule has 0 heterocycles. The van der Waals surface area contributed by atoms with Gasteiger partial charge in [0.05, 0.1) is 17.8 Å². The van der Waals surface area contributed by atoms with E-state index in [1.807, 2.05) is 13.0 Å². The van der Waals surface area contributed by atoms with Gasteiger partial charge < -0.3 is 11.5 Å². The fourth-order valence-corrected chi connectivity index (χ4v) is 3.38. The lowest BCUT2D eigenvalue weighted by Crippen LogP contribution is -2.24. The summed E-state index contributed by atoms with van der Waals surface area (Å²) in [5.74, 6) is 0.157. The number of hydrogen-bond donors (Lipinski definition) is 3. The van der Waals surface area contributed by atoms with Crippen LogP contribution in [0.25, 0.3) is 0 Å². The van der Waals surface area contributed by atoms with Crippen LogP contribution in [0.4, 0.5) is 4.39 Å². The third-order valence-corrected chi connectivity index (χ3v) is 4.69. The maximum absolute atomic E-state index is 14.6. The van der Waals surface area contributed by atoms with Gasteiger partial charge in [-0.15, -0.1) is 0 Å². The molecule has 0 aromatic rings. The number of hydrogen-bond acceptors (Lipinski definition) is 5. The van der Waals surface area contributed by atoms with Crippen LogP contribution in [0.15, 0.2) is 66.9 Å². The molecule has 5 N–H and O–H groups in total. The van der Waals surface area contributed by atoms with Gasteiger partial charge in [0.15, 0.2) is 5.84 Å². The highest BCUT2D eigenvalue weighted by Gasteiger charge is 2.22. The van der Waals surface area contributed by atoms with E-state index in [0.29, 0.717) is 24.3 Å². The highest BCUT2D eigenvalue weighted by Crippen LogP contribution is 2.33. The first-order valence-electron chi connectivity index (χ1n) is 10.8. The van der Waals surface area contributed by atoms with E-state index in [1.54, 1.807) is 6.08 Å². The Morgan fingerprint density at radius 2 is 2.03 bits per heavy atom. The van der Waals surface area contributed by atoms with Crippen molar-refractivity contribution in [2.75, 3.05) is 13.1 Å². The molecule has 1 aliphatic carbocycles. The van der Waals surface area contributed by atoms with Crippen LogP contribution in [-0.2, 0) is 0 Å². The lowest BCUT2D eigenvalue weighted by molar-refractivity contribution is 0.373. The maximum Gasteiger partial charge on any atom is 0.154 e. The Bertz CT molecular complexity index is 801. The van der Waals surface area contributed by atoms with Crippen molar-refractivity contribution in [3.8, 4) is 0 Å². The van der Waals surface area contributed by atoms with E-state index >= 15 is 0 Å². The van der Waals surface area contributed by atoms with Crippen molar-refractivity contribution in [2.45, 2.75) is 59.0 Å². The summed E-state index contributed by atoms with van der Waals surface area (Å²) in [6, 6.07) is 0. The largest absolute Gasteiger partial charge is 0.405 e. The van der Waals surface area contributed by atoms with Gasteiger partial charge in [-0.05, 0) is 55.5 Å². The molecule has 0 amide bonds. The minimum absolute atomic E-state index is 0.157. The Hall–Kier alpha value is -3.03. The van der Waals surface area contributed by atoms with Crippen LogP contribution in [0.1, 0.15) is 52.9 Å². The van der Waals surface area contributed by atoms with Gasteiger partial charge in [0.25, 0.3) is 0 Å². The Kier molecular flexibility index (Phi) is 12.5. The van der Waals surface area contributed by atoms with Gasteiger partial charge in [0.2, 0.25) is 0 Å². The molecule has 8 heteroatoms. The van der Waals surface area contributed by atoms with E-state index in [1.165, 1.54) is 24.3 Å². The smallest absolute Gasteiger partial charge is 0.154 e. The van der Waals surface area contributed by atoms with Crippen molar-refractivity contribution in [3.63, 3.8) is 0 Å². The monoisotopic (exact) mass is 429 g/mol. The maximum atomic E-state index is 14.6. The minimum atomic E-state index is -0.989. The summed E-state index contributed by atoms with van der Waals surface area (Å²) < 4.78 is 14.6. The molecule has 0 bridgehead atoms. The number of rotatable bonds is 13. The Morgan fingerprint density at radius 1 is 1.29 bits per heavy atom. The van der Waals surface area contributed by atoms with Crippen molar-refractivity contribution in [1.82, 2.24) is 5.43 Å². The molecule has 7 nitrogen and oxygen atoms in total. The van der Waals surface area contributed by atoms with Gasteiger partial charge in [0, 0.05) is 19.2 Å². The SMILES string of the molecule is C=N/C=C(C(C=CN)=NCC)\C(N)=N\NC=NCC1=C(CCC)C(CCC)=CCC1F. The lowest BCUT2D eigenvalue weighted by Gasteiger charge is -2.24. The van der Waals surface area contributed by atoms with Crippen LogP contribution in [0.3, 0.4) is 0 Å². The van der Waals surface area contributed by atoms with Crippen molar-refractivity contribution in [3.05, 3.63) is 46.8 Å². The number of halogens is 1. The van der Waals surface area contributed by atoms with E-state index in [-0.39, 0.29) is 12.4 Å². The van der Waals surface area contributed by atoms with Crippen LogP contribution in [0.2, 0.25) is 0 Å².